The molecule has 132 valence electrons. The summed E-state index contributed by atoms with van der Waals surface area (Å²) in [6.45, 7) is 3.62. The predicted octanol–water partition coefficient (Wildman–Crippen LogP) is 4.33. The smallest absolute Gasteiger partial charge is 0.191 e. The third-order valence-electron chi connectivity index (χ3n) is 3.15. The number of aryl methyl sites for hydroxylation is 1. The average Bonchev–Trinajstić information content (AvgIpc) is 2.90. The first-order valence-electron chi connectivity index (χ1n) is 7.37. The largest absolute Gasteiger partial charge is 0.356 e. The maximum atomic E-state index is 6.00. The molecule has 1 aromatic carbocycles. The van der Waals surface area contributed by atoms with Gasteiger partial charge in [0.2, 0.25) is 0 Å². The van der Waals surface area contributed by atoms with E-state index in [0.29, 0.717) is 10.0 Å². The lowest BCUT2D eigenvalue weighted by Gasteiger charge is -2.11. The van der Waals surface area contributed by atoms with Crippen molar-refractivity contribution in [2.75, 3.05) is 20.1 Å². The van der Waals surface area contributed by atoms with E-state index in [9.17, 15) is 0 Å². The van der Waals surface area contributed by atoms with Crippen molar-refractivity contribution in [3.63, 3.8) is 0 Å². The van der Waals surface area contributed by atoms with Gasteiger partial charge in [-0.3, -0.25) is 4.99 Å². The zero-order valence-electron chi connectivity index (χ0n) is 13.6. The number of benzene rings is 1. The van der Waals surface area contributed by atoms with Crippen LogP contribution in [0.5, 0.6) is 0 Å². The van der Waals surface area contributed by atoms with Crippen LogP contribution >= 0.6 is 58.5 Å². The monoisotopic (exact) mass is 498 g/mol. The van der Waals surface area contributed by atoms with Gasteiger partial charge in [0.25, 0.3) is 0 Å². The molecule has 0 atom stereocenters. The number of nitrogens with one attached hydrogen (secondary N) is 2. The molecule has 0 saturated heterocycles. The van der Waals surface area contributed by atoms with Crippen molar-refractivity contribution in [1.82, 2.24) is 15.6 Å². The first kappa shape index (κ1) is 21.5. The van der Waals surface area contributed by atoms with Crippen LogP contribution in [0.15, 0.2) is 29.4 Å². The molecule has 2 N–H and O–H groups in total. The Bertz CT molecular complexity index is 656. The van der Waals surface area contributed by atoms with Crippen molar-refractivity contribution in [3.05, 3.63) is 49.9 Å². The van der Waals surface area contributed by atoms with Crippen LogP contribution in [-0.2, 0) is 12.8 Å². The van der Waals surface area contributed by atoms with Crippen LogP contribution in [0.25, 0.3) is 0 Å². The summed E-state index contributed by atoms with van der Waals surface area (Å²) in [6, 6.07) is 5.59. The van der Waals surface area contributed by atoms with E-state index in [1.165, 1.54) is 4.88 Å². The molecule has 2 rings (SSSR count). The fraction of sp³-hybridized carbons (Fsp3) is 0.375. The van der Waals surface area contributed by atoms with Crippen molar-refractivity contribution < 1.29 is 0 Å². The number of hydrogen-bond acceptors (Lipinski definition) is 3. The lowest BCUT2D eigenvalue weighted by atomic mass is 10.1. The van der Waals surface area contributed by atoms with Crippen molar-refractivity contribution >= 4 is 64.5 Å². The first-order chi connectivity index (χ1) is 11.1. The Labute approximate surface area is 174 Å². The minimum Gasteiger partial charge on any atom is -0.356 e. The van der Waals surface area contributed by atoms with Gasteiger partial charge in [-0.2, -0.15) is 0 Å². The van der Waals surface area contributed by atoms with Crippen LogP contribution in [-0.4, -0.2) is 31.1 Å². The molecule has 0 amide bonds. The van der Waals surface area contributed by atoms with Gasteiger partial charge in [0, 0.05) is 47.7 Å². The maximum Gasteiger partial charge on any atom is 0.191 e. The molecule has 0 radical (unpaired) electrons. The molecule has 2 aromatic rings. The number of hydrogen-bond donors (Lipinski definition) is 2. The normalized spacial score (nSPS) is 11.1. The van der Waals surface area contributed by atoms with Crippen LogP contribution in [0, 0.1) is 6.92 Å². The van der Waals surface area contributed by atoms with E-state index < -0.39 is 0 Å². The molecule has 0 fully saturated rings. The van der Waals surface area contributed by atoms with Crippen LogP contribution in [0.4, 0.5) is 0 Å². The summed E-state index contributed by atoms with van der Waals surface area (Å²) in [4.78, 5) is 9.80. The van der Waals surface area contributed by atoms with Crippen molar-refractivity contribution in [2.45, 2.75) is 19.8 Å². The van der Waals surface area contributed by atoms with E-state index in [1.807, 2.05) is 18.3 Å². The number of aliphatic imine (C=N–C) groups is 1. The van der Waals surface area contributed by atoms with E-state index >= 15 is 0 Å². The van der Waals surface area contributed by atoms with Crippen molar-refractivity contribution in [1.29, 1.82) is 0 Å². The van der Waals surface area contributed by atoms with Gasteiger partial charge in [0.15, 0.2) is 5.96 Å². The fourth-order valence-electron chi connectivity index (χ4n) is 2.11. The lowest BCUT2D eigenvalue weighted by Crippen LogP contribution is -2.39. The van der Waals surface area contributed by atoms with Crippen LogP contribution in [0.1, 0.15) is 15.4 Å². The molecule has 1 heterocycles. The highest BCUT2D eigenvalue weighted by Gasteiger charge is 2.02. The minimum atomic E-state index is 0. The molecular formula is C16H21Cl2IN4S. The van der Waals surface area contributed by atoms with E-state index in [-0.39, 0.29) is 24.0 Å². The topological polar surface area (TPSA) is 49.3 Å². The molecule has 0 spiro atoms. The Morgan fingerprint density at radius 1 is 1.12 bits per heavy atom. The van der Waals surface area contributed by atoms with Gasteiger partial charge in [-0.1, -0.05) is 23.2 Å². The maximum absolute atomic E-state index is 6.00. The van der Waals surface area contributed by atoms with E-state index in [4.69, 9.17) is 23.2 Å². The molecule has 0 saturated carbocycles. The molecule has 24 heavy (non-hydrogen) atoms. The summed E-state index contributed by atoms with van der Waals surface area (Å²) in [5.41, 5.74) is 1.10. The molecule has 4 nitrogen and oxygen atoms in total. The zero-order valence-corrected chi connectivity index (χ0v) is 18.3. The molecule has 0 aliphatic heterocycles. The Kier molecular flexibility index (Phi) is 9.95. The van der Waals surface area contributed by atoms with E-state index in [2.05, 4.69) is 27.5 Å². The van der Waals surface area contributed by atoms with Crippen LogP contribution in [0.2, 0.25) is 10.0 Å². The highest BCUT2D eigenvalue weighted by Crippen LogP contribution is 2.19. The van der Waals surface area contributed by atoms with Gasteiger partial charge in [-0.05, 0) is 37.1 Å². The number of aromatic nitrogens is 1. The predicted molar refractivity (Wildman–Crippen MR) is 116 cm³/mol. The molecule has 0 aliphatic carbocycles. The second-order valence-electron chi connectivity index (χ2n) is 5.07. The van der Waals surface area contributed by atoms with E-state index in [1.54, 1.807) is 24.5 Å². The summed E-state index contributed by atoms with van der Waals surface area (Å²) in [6.07, 6.45) is 3.62. The first-order valence-corrected chi connectivity index (χ1v) is 8.95. The average molecular weight is 499 g/mol. The van der Waals surface area contributed by atoms with Crippen molar-refractivity contribution in [3.8, 4) is 0 Å². The molecule has 0 aliphatic rings. The molecular weight excluding hydrogens is 478 g/mol. The summed E-state index contributed by atoms with van der Waals surface area (Å²) >= 11 is 13.7. The highest BCUT2D eigenvalue weighted by molar-refractivity contribution is 14.0. The molecule has 0 bridgehead atoms. The van der Waals surface area contributed by atoms with Crippen LogP contribution < -0.4 is 10.6 Å². The SMILES string of the molecule is CN=C(NCCc1cc(Cl)cc(Cl)c1)NCCc1ncc(C)s1.I. The van der Waals surface area contributed by atoms with Gasteiger partial charge in [-0.15, -0.1) is 35.3 Å². The zero-order chi connectivity index (χ0) is 16.7. The summed E-state index contributed by atoms with van der Waals surface area (Å²) in [5.74, 6) is 0.784. The summed E-state index contributed by atoms with van der Waals surface area (Å²) in [7, 11) is 1.76. The highest BCUT2D eigenvalue weighted by atomic mass is 127. The van der Waals surface area contributed by atoms with Gasteiger partial charge in [0.1, 0.15) is 0 Å². The van der Waals surface area contributed by atoms with Gasteiger partial charge in [0.05, 0.1) is 5.01 Å². The second kappa shape index (κ2) is 11.1. The lowest BCUT2D eigenvalue weighted by molar-refractivity contribution is 0.782. The quantitative estimate of drug-likeness (QED) is 0.354. The van der Waals surface area contributed by atoms with Gasteiger partial charge in [-0.25, -0.2) is 4.98 Å². The van der Waals surface area contributed by atoms with Crippen molar-refractivity contribution in [2.24, 2.45) is 4.99 Å². The Balaban J connectivity index is 0.00000288. The van der Waals surface area contributed by atoms with E-state index in [0.717, 1.165) is 42.5 Å². The minimum absolute atomic E-state index is 0. The summed E-state index contributed by atoms with van der Waals surface area (Å²) in [5, 5.41) is 9.03. The molecule has 1 aromatic heterocycles. The van der Waals surface area contributed by atoms with Gasteiger partial charge < -0.3 is 10.6 Å². The number of thiazole rings is 1. The second-order valence-corrected chi connectivity index (χ2v) is 7.26. The van der Waals surface area contributed by atoms with Gasteiger partial charge >= 0.3 is 0 Å². The third kappa shape index (κ3) is 7.55. The Hall–Kier alpha value is -0.570. The number of halogens is 3. The standard InChI is InChI=1S/C16H20Cl2N4S.HI/c1-11-10-22-15(23-11)4-6-21-16(19-2)20-5-3-12-7-13(17)9-14(18)8-12;/h7-10H,3-6H2,1-2H3,(H2,19,20,21);1H. The molecule has 8 heteroatoms. The Morgan fingerprint density at radius 2 is 1.75 bits per heavy atom. The Morgan fingerprint density at radius 3 is 2.29 bits per heavy atom. The van der Waals surface area contributed by atoms with Crippen LogP contribution in [0.3, 0.4) is 0 Å². The molecule has 0 unspecified atom stereocenters. The number of nitrogens with zero attached hydrogens (tertiary/aromatic N) is 2. The fourth-order valence-corrected chi connectivity index (χ4v) is 3.46. The third-order valence-corrected chi connectivity index (χ3v) is 4.56. The summed E-state index contributed by atoms with van der Waals surface area (Å²) < 4.78 is 0. The number of rotatable bonds is 6. The number of guanidine groups is 1.